The van der Waals surface area contributed by atoms with Crippen molar-refractivity contribution in [1.82, 2.24) is 19.0 Å². The summed E-state index contributed by atoms with van der Waals surface area (Å²) in [5, 5.41) is 0. The van der Waals surface area contributed by atoms with Gasteiger partial charge in [-0.25, -0.2) is 13.2 Å². The standard InChI is InChI=1S/C19H30N4O4S/c1-5-21(6-2)19(25)23-13-11-22(12-14-23)18(24)15-20(4)28(26,27)17-9-7-16(3)8-10-17/h7-10H,5-6,11-15H2,1-4H3. The molecular formula is C19H30N4O4S. The van der Waals surface area contributed by atoms with Gasteiger partial charge in [0.15, 0.2) is 0 Å². The molecule has 1 aliphatic rings. The summed E-state index contributed by atoms with van der Waals surface area (Å²) >= 11 is 0. The van der Waals surface area contributed by atoms with Crippen LogP contribution in [0.15, 0.2) is 29.2 Å². The molecule has 1 saturated heterocycles. The summed E-state index contributed by atoms with van der Waals surface area (Å²) in [6.45, 7) is 8.55. The van der Waals surface area contributed by atoms with Gasteiger partial charge in [0.2, 0.25) is 15.9 Å². The van der Waals surface area contributed by atoms with Crippen LogP contribution in [-0.4, -0.2) is 92.2 Å². The zero-order valence-electron chi connectivity index (χ0n) is 17.1. The second-order valence-electron chi connectivity index (χ2n) is 6.90. The molecule has 1 aliphatic heterocycles. The summed E-state index contributed by atoms with van der Waals surface area (Å²) in [7, 11) is -2.31. The number of aryl methyl sites for hydroxylation is 1. The van der Waals surface area contributed by atoms with Gasteiger partial charge in [-0.15, -0.1) is 0 Å². The number of carbonyl (C=O) groups is 2. The van der Waals surface area contributed by atoms with Crippen LogP contribution in [0.1, 0.15) is 19.4 Å². The predicted octanol–water partition coefficient (Wildman–Crippen LogP) is 1.22. The average Bonchev–Trinajstić information content (AvgIpc) is 2.69. The molecule has 1 aromatic carbocycles. The van der Waals surface area contributed by atoms with Crippen molar-refractivity contribution in [2.75, 3.05) is 52.9 Å². The Hall–Kier alpha value is -2.13. The zero-order chi connectivity index (χ0) is 20.9. The first kappa shape index (κ1) is 22.2. The number of hydrogen-bond acceptors (Lipinski definition) is 4. The topological polar surface area (TPSA) is 81.2 Å². The molecule has 0 radical (unpaired) electrons. The van der Waals surface area contributed by atoms with Gasteiger partial charge in [0.25, 0.3) is 0 Å². The number of likely N-dealkylation sites (N-methyl/N-ethyl adjacent to an activating group) is 1. The number of amides is 3. The van der Waals surface area contributed by atoms with E-state index in [2.05, 4.69) is 0 Å². The lowest BCUT2D eigenvalue weighted by molar-refractivity contribution is -0.132. The fourth-order valence-corrected chi connectivity index (χ4v) is 4.23. The summed E-state index contributed by atoms with van der Waals surface area (Å²) in [6, 6.07) is 6.53. The van der Waals surface area contributed by atoms with Gasteiger partial charge in [-0.2, -0.15) is 4.31 Å². The molecule has 28 heavy (non-hydrogen) atoms. The second kappa shape index (κ2) is 9.38. The SMILES string of the molecule is CCN(CC)C(=O)N1CCN(C(=O)CN(C)S(=O)(=O)c2ccc(C)cc2)CC1. The fraction of sp³-hybridized carbons (Fsp3) is 0.579. The lowest BCUT2D eigenvalue weighted by Crippen LogP contribution is -2.55. The summed E-state index contributed by atoms with van der Waals surface area (Å²) < 4.78 is 26.4. The highest BCUT2D eigenvalue weighted by atomic mass is 32.2. The number of urea groups is 1. The van der Waals surface area contributed by atoms with E-state index in [1.165, 1.54) is 7.05 Å². The van der Waals surface area contributed by atoms with Crippen LogP contribution in [0.5, 0.6) is 0 Å². The normalized spacial score (nSPS) is 15.0. The van der Waals surface area contributed by atoms with Gasteiger partial charge in [0, 0.05) is 46.3 Å². The van der Waals surface area contributed by atoms with E-state index in [-0.39, 0.29) is 23.4 Å². The monoisotopic (exact) mass is 410 g/mol. The van der Waals surface area contributed by atoms with Crippen LogP contribution in [0.25, 0.3) is 0 Å². The minimum absolute atomic E-state index is 0.0174. The van der Waals surface area contributed by atoms with Crippen LogP contribution in [-0.2, 0) is 14.8 Å². The number of hydrogen-bond donors (Lipinski definition) is 0. The highest BCUT2D eigenvalue weighted by molar-refractivity contribution is 7.89. The molecule has 3 amide bonds. The van der Waals surface area contributed by atoms with Gasteiger partial charge in [-0.1, -0.05) is 17.7 Å². The quantitative estimate of drug-likeness (QED) is 0.706. The van der Waals surface area contributed by atoms with E-state index in [0.29, 0.717) is 39.3 Å². The maximum Gasteiger partial charge on any atom is 0.320 e. The first-order valence-corrected chi connectivity index (χ1v) is 11.0. The van der Waals surface area contributed by atoms with Crippen LogP contribution < -0.4 is 0 Å². The highest BCUT2D eigenvalue weighted by Crippen LogP contribution is 2.15. The first-order chi connectivity index (χ1) is 13.2. The van der Waals surface area contributed by atoms with Crippen molar-refractivity contribution in [3.63, 3.8) is 0 Å². The molecule has 0 aliphatic carbocycles. The Morgan fingerprint density at radius 2 is 1.46 bits per heavy atom. The van der Waals surface area contributed by atoms with Crippen LogP contribution in [0.4, 0.5) is 4.79 Å². The Morgan fingerprint density at radius 3 is 1.96 bits per heavy atom. The number of sulfonamides is 1. The molecular weight excluding hydrogens is 380 g/mol. The molecule has 1 heterocycles. The van der Waals surface area contributed by atoms with E-state index in [9.17, 15) is 18.0 Å². The van der Waals surface area contributed by atoms with Crippen LogP contribution in [0, 0.1) is 6.92 Å². The third-order valence-electron chi connectivity index (χ3n) is 5.02. The minimum Gasteiger partial charge on any atom is -0.338 e. The van der Waals surface area contributed by atoms with Crippen molar-refractivity contribution in [3.05, 3.63) is 29.8 Å². The van der Waals surface area contributed by atoms with Gasteiger partial charge >= 0.3 is 6.03 Å². The highest BCUT2D eigenvalue weighted by Gasteiger charge is 2.29. The summed E-state index contributed by atoms with van der Waals surface area (Å²) in [5.74, 6) is -0.256. The molecule has 0 bridgehead atoms. The van der Waals surface area contributed by atoms with E-state index in [1.54, 1.807) is 39.0 Å². The van der Waals surface area contributed by atoms with Gasteiger partial charge in [-0.3, -0.25) is 4.79 Å². The molecule has 156 valence electrons. The summed E-state index contributed by atoms with van der Waals surface area (Å²) in [4.78, 5) is 30.2. The van der Waals surface area contributed by atoms with Crippen molar-refractivity contribution >= 4 is 22.0 Å². The Kier molecular flexibility index (Phi) is 7.42. The number of benzene rings is 1. The smallest absolute Gasteiger partial charge is 0.320 e. The number of nitrogens with zero attached hydrogens (tertiary/aromatic N) is 4. The third kappa shape index (κ3) is 5.02. The van der Waals surface area contributed by atoms with Gasteiger partial charge in [-0.05, 0) is 32.9 Å². The number of carbonyl (C=O) groups excluding carboxylic acids is 2. The van der Waals surface area contributed by atoms with Crippen LogP contribution >= 0.6 is 0 Å². The fourth-order valence-electron chi connectivity index (χ4n) is 3.11. The number of piperazine rings is 1. The summed E-state index contributed by atoms with van der Waals surface area (Å²) in [5.41, 5.74) is 0.967. The minimum atomic E-state index is -3.72. The zero-order valence-corrected chi connectivity index (χ0v) is 17.9. The maximum absolute atomic E-state index is 12.6. The largest absolute Gasteiger partial charge is 0.338 e. The molecule has 0 atom stereocenters. The Labute approximate surface area is 167 Å². The Morgan fingerprint density at radius 1 is 0.964 bits per heavy atom. The van der Waals surface area contributed by atoms with Gasteiger partial charge < -0.3 is 14.7 Å². The molecule has 1 aromatic rings. The van der Waals surface area contributed by atoms with Gasteiger partial charge in [0.05, 0.1) is 11.4 Å². The molecule has 0 spiro atoms. The second-order valence-corrected chi connectivity index (χ2v) is 8.94. The molecule has 8 nitrogen and oxygen atoms in total. The molecule has 2 rings (SSSR count). The molecule has 0 saturated carbocycles. The van der Waals surface area contributed by atoms with Gasteiger partial charge in [0.1, 0.15) is 0 Å². The maximum atomic E-state index is 12.6. The number of rotatable bonds is 6. The van der Waals surface area contributed by atoms with E-state index < -0.39 is 10.0 Å². The van der Waals surface area contributed by atoms with Crippen molar-refractivity contribution in [2.45, 2.75) is 25.7 Å². The van der Waals surface area contributed by atoms with Crippen molar-refractivity contribution < 1.29 is 18.0 Å². The molecule has 0 unspecified atom stereocenters. The van der Waals surface area contributed by atoms with E-state index in [0.717, 1.165) is 9.87 Å². The molecule has 1 fully saturated rings. The first-order valence-electron chi connectivity index (χ1n) is 9.55. The summed E-state index contributed by atoms with van der Waals surface area (Å²) in [6.07, 6.45) is 0. The third-order valence-corrected chi connectivity index (χ3v) is 6.84. The van der Waals surface area contributed by atoms with Crippen molar-refractivity contribution in [1.29, 1.82) is 0 Å². The molecule has 9 heteroatoms. The predicted molar refractivity (Wildman–Crippen MR) is 107 cm³/mol. The van der Waals surface area contributed by atoms with Crippen LogP contribution in [0.3, 0.4) is 0 Å². The van der Waals surface area contributed by atoms with E-state index in [4.69, 9.17) is 0 Å². The van der Waals surface area contributed by atoms with Crippen molar-refractivity contribution in [2.24, 2.45) is 0 Å². The Bertz CT molecular complexity index is 783. The van der Waals surface area contributed by atoms with Crippen molar-refractivity contribution in [3.8, 4) is 0 Å². The van der Waals surface area contributed by atoms with Crippen LogP contribution in [0.2, 0.25) is 0 Å². The molecule has 0 N–H and O–H groups in total. The molecule has 0 aromatic heterocycles. The lowest BCUT2D eigenvalue weighted by atomic mass is 10.2. The Balaban J connectivity index is 1.93. The van der Waals surface area contributed by atoms with E-state index in [1.807, 2.05) is 20.8 Å². The lowest BCUT2D eigenvalue weighted by Gasteiger charge is -2.37. The average molecular weight is 411 g/mol. The van der Waals surface area contributed by atoms with E-state index >= 15 is 0 Å².